The number of piperidine rings is 1. The second-order valence-electron chi connectivity index (χ2n) is 4.75. The van der Waals surface area contributed by atoms with Crippen molar-refractivity contribution in [1.82, 2.24) is 4.90 Å². The summed E-state index contributed by atoms with van der Waals surface area (Å²) >= 11 is 0. The van der Waals surface area contributed by atoms with E-state index in [0.717, 1.165) is 31.5 Å². The number of carbonyl (C=O) groups is 1. The summed E-state index contributed by atoms with van der Waals surface area (Å²) < 4.78 is 5.42. The van der Waals surface area contributed by atoms with Gasteiger partial charge >= 0.3 is 0 Å². The molecule has 98 valence electrons. The van der Waals surface area contributed by atoms with Crippen molar-refractivity contribution in [3.8, 4) is 5.75 Å². The average molecular weight is 247 g/mol. The summed E-state index contributed by atoms with van der Waals surface area (Å²) in [5.74, 6) is 0.909. The number of ether oxygens (including phenoxy) is 1. The zero-order valence-corrected chi connectivity index (χ0v) is 11.0. The van der Waals surface area contributed by atoms with Gasteiger partial charge in [0, 0.05) is 6.54 Å². The van der Waals surface area contributed by atoms with Crippen LogP contribution < -0.4 is 4.74 Å². The van der Waals surface area contributed by atoms with Crippen molar-refractivity contribution in [2.24, 2.45) is 0 Å². The molecule has 3 nitrogen and oxygen atoms in total. The molecule has 0 aliphatic carbocycles. The number of hydrogen-bond donors (Lipinski definition) is 0. The fraction of sp³-hybridized carbons (Fsp3) is 0.533. The molecule has 0 amide bonds. The number of aldehydes is 1. The third kappa shape index (κ3) is 3.33. The fourth-order valence-corrected chi connectivity index (χ4v) is 2.46. The molecule has 1 aromatic rings. The molecule has 1 unspecified atom stereocenters. The summed E-state index contributed by atoms with van der Waals surface area (Å²) in [6, 6.07) is 8.27. The molecule has 0 radical (unpaired) electrons. The van der Waals surface area contributed by atoms with Crippen molar-refractivity contribution in [3.05, 3.63) is 29.8 Å². The topological polar surface area (TPSA) is 29.5 Å². The molecule has 0 aromatic heterocycles. The Hall–Kier alpha value is -1.35. The molecule has 2 rings (SSSR count). The van der Waals surface area contributed by atoms with Crippen molar-refractivity contribution in [3.63, 3.8) is 0 Å². The Kier molecular flexibility index (Phi) is 4.76. The van der Waals surface area contributed by atoms with Crippen molar-refractivity contribution >= 4 is 6.29 Å². The standard InChI is InChI=1S/C15H21NO2/c1-2-18-15-8-6-13(7-9-15)11-16-10-4-3-5-14(16)12-17/h6-9,12,14H,2-5,10-11H2,1H3. The van der Waals surface area contributed by atoms with Crippen LogP contribution in [0.3, 0.4) is 0 Å². The van der Waals surface area contributed by atoms with Crippen molar-refractivity contribution in [2.75, 3.05) is 13.2 Å². The largest absolute Gasteiger partial charge is 0.494 e. The molecule has 1 aliphatic rings. The zero-order chi connectivity index (χ0) is 12.8. The van der Waals surface area contributed by atoms with Crippen LogP contribution in [0.25, 0.3) is 0 Å². The highest BCUT2D eigenvalue weighted by molar-refractivity contribution is 5.57. The lowest BCUT2D eigenvalue weighted by Gasteiger charge is -2.32. The molecular weight excluding hydrogens is 226 g/mol. The minimum Gasteiger partial charge on any atom is -0.494 e. The van der Waals surface area contributed by atoms with E-state index in [1.54, 1.807) is 0 Å². The molecule has 1 aromatic carbocycles. The zero-order valence-electron chi connectivity index (χ0n) is 11.0. The van der Waals surface area contributed by atoms with Crippen molar-refractivity contribution in [1.29, 1.82) is 0 Å². The number of rotatable bonds is 5. The predicted molar refractivity (Wildman–Crippen MR) is 71.7 cm³/mol. The molecule has 1 aliphatic heterocycles. The van der Waals surface area contributed by atoms with Crippen LogP contribution in [0.1, 0.15) is 31.7 Å². The van der Waals surface area contributed by atoms with Gasteiger partial charge in [0.25, 0.3) is 0 Å². The average Bonchev–Trinajstić information content (AvgIpc) is 2.42. The third-order valence-electron chi connectivity index (χ3n) is 3.44. The second kappa shape index (κ2) is 6.55. The number of benzene rings is 1. The SMILES string of the molecule is CCOc1ccc(CN2CCCCC2C=O)cc1. The molecule has 1 atom stereocenters. The van der Waals surface area contributed by atoms with Gasteiger partial charge < -0.3 is 9.53 Å². The first kappa shape index (κ1) is 13.1. The summed E-state index contributed by atoms with van der Waals surface area (Å²) in [4.78, 5) is 13.3. The minimum atomic E-state index is 0.102. The predicted octanol–water partition coefficient (Wildman–Crippen LogP) is 2.64. The Labute approximate surface area is 109 Å². The summed E-state index contributed by atoms with van der Waals surface area (Å²) in [5, 5.41) is 0. The van der Waals surface area contributed by atoms with Crippen LogP contribution in [0.2, 0.25) is 0 Å². The maximum absolute atomic E-state index is 11.0. The highest BCUT2D eigenvalue weighted by atomic mass is 16.5. The van der Waals surface area contributed by atoms with Crippen molar-refractivity contribution in [2.45, 2.75) is 38.8 Å². The summed E-state index contributed by atoms with van der Waals surface area (Å²) in [5.41, 5.74) is 1.24. The van der Waals surface area contributed by atoms with Gasteiger partial charge in [0.05, 0.1) is 12.6 Å². The van der Waals surface area contributed by atoms with E-state index in [0.29, 0.717) is 6.61 Å². The van der Waals surface area contributed by atoms with Gasteiger partial charge in [0.15, 0.2) is 0 Å². The smallest absolute Gasteiger partial charge is 0.137 e. The molecule has 0 bridgehead atoms. The molecule has 0 saturated carbocycles. The van der Waals surface area contributed by atoms with Crippen LogP contribution in [0.5, 0.6) is 5.75 Å². The van der Waals surface area contributed by atoms with Crippen molar-refractivity contribution < 1.29 is 9.53 Å². The molecule has 3 heteroatoms. The lowest BCUT2D eigenvalue weighted by atomic mass is 10.0. The van der Waals surface area contributed by atoms with Gasteiger partial charge in [-0.15, -0.1) is 0 Å². The Morgan fingerprint density at radius 3 is 2.78 bits per heavy atom. The van der Waals surface area contributed by atoms with E-state index in [1.807, 2.05) is 19.1 Å². The fourth-order valence-electron chi connectivity index (χ4n) is 2.46. The van der Waals surface area contributed by atoms with Gasteiger partial charge in [-0.3, -0.25) is 4.90 Å². The Morgan fingerprint density at radius 2 is 2.11 bits per heavy atom. The van der Waals surface area contributed by atoms with E-state index in [2.05, 4.69) is 17.0 Å². The Bertz CT molecular complexity index is 375. The monoisotopic (exact) mass is 247 g/mol. The van der Waals surface area contributed by atoms with Crippen LogP contribution >= 0.6 is 0 Å². The number of hydrogen-bond acceptors (Lipinski definition) is 3. The van der Waals surface area contributed by atoms with E-state index < -0.39 is 0 Å². The van der Waals surface area contributed by atoms with E-state index in [1.165, 1.54) is 18.4 Å². The third-order valence-corrected chi connectivity index (χ3v) is 3.44. The maximum atomic E-state index is 11.0. The normalized spacial score (nSPS) is 20.6. The molecule has 1 saturated heterocycles. The summed E-state index contributed by atoms with van der Waals surface area (Å²) in [6.45, 7) is 4.56. The maximum Gasteiger partial charge on any atom is 0.137 e. The number of nitrogens with zero attached hydrogens (tertiary/aromatic N) is 1. The van der Waals surface area contributed by atoms with E-state index in [-0.39, 0.29) is 6.04 Å². The van der Waals surface area contributed by atoms with Gasteiger partial charge in [0.1, 0.15) is 12.0 Å². The van der Waals surface area contributed by atoms with Gasteiger partial charge in [-0.1, -0.05) is 18.6 Å². The van der Waals surface area contributed by atoms with Crippen LogP contribution in [0, 0.1) is 0 Å². The Balaban J connectivity index is 1.97. The van der Waals surface area contributed by atoms with Gasteiger partial charge in [-0.05, 0) is 44.0 Å². The highest BCUT2D eigenvalue weighted by Crippen LogP contribution is 2.19. The minimum absolute atomic E-state index is 0.102. The lowest BCUT2D eigenvalue weighted by Crippen LogP contribution is -2.39. The van der Waals surface area contributed by atoms with Gasteiger partial charge in [-0.2, -0.15) is 0 Å². The van der Waals surface area contributed by atoms with Crippen LogP contribution in [-0.4, -0.2) is 30.4 Å². The number of carbonyl (C=O) groups excluding carboxylic acids is 1. The summed E-state index contributed by atoms with van der Waals surface area (Å²) in [7, 11) is 0. The van der Waals surface area contributed by atoms with Crippen LogP contribution in [0.4, 0.5) is 0 Å². The number of likely N-dealkylation sites (tertiary alicyclic amines) is 1. The molecular formula is C15H21NO2. The van der Waals surface area contributed by atoms with E-state index in [4.69, 9.17) is 4.74 Å². The quantitative estimate of drug-likeness (QED) is 0.749. The molecule has 1 heterocycles. The van der Waals surface area contributed by atoms with E-state index >= 15 is 0 Å². The first-order valence-corrected chi connectivity index (χ1v) is 6.74. The van der Waals surface area contributed by atoms with Crippen LogP contribution in [0.15, 0.2) is 24.3 Å². The van der Waals surface area contributed by atoms with E-state index in [9.17, 15) is 4.79 Å². The first-order chi connectivity index (χ1) is 8.83. The molecule has 0 spiro atoms. The lowest BCUT2D eigenvalue weighted by molar-refractivity contribution is -0.113. The summed E-state index contributed by atoms with van der Waals surface area (Å²) in [6.07, 6.45) is 4.46. The first-order valence-electron chi connectivity index (χ1n) is 6.74. The second-order valence-corrected chi connectivity index (χ2v) is 4.75. The molecule has 18 heavy (non-hydrogen) atoms. The highest BCUT2D eigenvalue weighted by Gasteiger charge is 2.21. The van der Waals surface area contributed by atoms with Gasteiger partial charge in [0.2, 0.25) is 0 Å². The van der Waals surface area contributed by atoms with Gasteiger partial charge in [-0.25, -0.2) is 0 Å². The van der Waals surface area contributed by atoms with Crippen LogP contribution in [-0.2, 0) is 11.3 Å². The molecule has 1 fully saturated rings. The molecule has 0 N–H and O–H groups in total. The Morgan fingerprint density at radius 1 is 1.33 bits per heavy atom.